The second-order valence-electron chi connectivity index (χ2n) is 4.53. The molecule has 0 aromatic heterocycles. The summed E-state index contributed by atoms with van der Waals surface area (Å²) in [6, 6.07) is 0.752. The van der Waals surface area contributed by atoms with Gasteiger partial charge in [0.25, 0.3) is 0 Å². The van der Waals surface area contributed by atoms with E-state index in [1.807, 2.05) is 6.08 Å². The molecule has 0 aromatic rings. The van der Waals surface area contributed by atoms with Gasteiger partial charge in [-0.05, 0) is 26.3 Å². The van der Waals surface area contributed by atoms with E-state index >= 15 is 0 Å². The first-order chi connectivity index (χ1) is 7.61. The van der Waals surface area contributed by atoms with E-state index in [0.717, 1.165) is 26.1 Å². The Kier molecular flexibility index (Phi) is 5.49. The van der Waals surface area contributed by atoms with Gasteiger partial charge in [-0.2, -0.15) is 0 Å². The minimum atomic E-state index is -0.714. The van der Waals surface area contributed by atoms with Crippen molar-refractivity contribution in [3.63, 3.8) is 0 Å². The third-order valence-electron chi connectivity index (χ3n) is 2.97. The quantitative estimate of drug-likeness (QED) is 0.689. The highest BCUT2D eigenvalue weighted by atomic mass is 16.4. The highest BCUT2D eigenvalue weighted by Crippen LogP contribution is 2.09. The van der Waals surface area contributed by atoms with Crippen LogP contribution in [0, 0.1) is 0 Å². The zero-order valence-corrected chi connectivity index (χ0v) is 9.98. The number of hydrogen-bond donors (Lipinski definition) is 2. The monoisotopic (exact) mass is 226 g/mol. The SMILES string of the molecule is C=CCN1CCC(C)NC(CCC(=O)O)C1. The maximum absolute atomic E-state index is 10.6. The van der Waals surface area contributed by atoms with E-state index in [1.165, 1.54) is 0 Å². The lowest BCUT2D eigenvalue weighted by Crippen LogP contribution is -2.40. The van der Waals surface area contributed by atoms with E-state index in [0.29, 0.717) is 12.5 Å². The second kappa shape index (κ2) is 6.66. The summed E-state index contributed by atoms with van der Waals surface area (Å²) in [5, 5.41) is 12.2. The second-order valence-corrected chi connectivity index (χ2v) is 4.53. The summed E-state index contributed by atoms with van der Waals surface area (Å²) in [5.41, 5.74) is 0. The van der Waals surface area contributed by atoms with Crippen molar-refractivity contribution in [2.24, 2.45) is 0 Å². The van der Waals surface area contributed by atoms with Crippen molar-refractivity contribution in [2.45, 2.75) is 38.3 Å². The minimum absolute atomic E-state index is 0.242. The molecular formula is C12H22N2O2. The molecule has 16 heavy (non-hydrogen) atoms. The van der Waals surface area contributed by atoms with E-state index in [1.54, 1.807) is 0 Å². The Morgan fingerprint density at radius 3 is 3.06 bits per heavy atom. The summed E-state index contributed by atoms with van der Waals surface area (Å²) in [5.74, 6) is -0.714. The van der Waals surface area contributed by atoms with E-state index in [-0.39, 0.29) is 12.5 Å². The van der Waals surface area contributed by atoms with Gasteiger partial charge in [-0.1, -0.05) is 6.08 Å². The topological polar surface area (TPSA) is 52.6 Å². The summed E-state index contributed by atoms with van der Waals surface area (Å²) in [6.45, 7) is 8.77. The molecule has 4 heteroatoms. The van der Waals surface area contributed by atoms with E-state index in [4.69, 9.17) is 5.11 Å². The number of nitrogens with zero attached hydrogens (tertiary/aromatic N) is 1. The van der Waals surface area contributed by atoms with Gasteiger partial charge in [0.15, 0.2) is 0 Å². The first-order valence-corrected chi connectivity index (χ1v) is 5.93. The molecule has 2 atom stereocenters. The summed E-state index contributed by atoms with van der Waals surface area (Å²) in [6.07, 6.45) is 3.96. The van der Waals surface area contributed by atoms with Crippen molar-refractivity contribution in [1.29, 1.82) is 0 Å². The number of aliphatic carboxylic acids is 1. The number of carboxylic acid groups (broad SMARTS) is 1. The third-order valence-corrected chi connectivity index (χ3v) is 2.97. The van der Waals surface area contributed by atoms with Gasteiger partial charge in [0.05, 0.1) is 0 Å². The normalized spacial score (nSPS) is 27.3. The zero-order chi connectivity index (χ0) is 12.0. The fourth-order valence-corrected chi connectivity index (χ4v) is 2.14. The highest BCUT2D eigenvalue weighted by molar-refractivity contribution is 5.66. The fraction of sp³-hybridized carbons (Fsp3) is 0.750. The average molecular weight is 226 g/mol. The molecule has 0 bridgehead atoms. The van der Waals surface area contributed by atoms with Crippen molar-refractivity contribution in [1.82, 2.24) is 10.2 Å². The van der Waals surface area contributed by atoms with Crippen LogP contribution in [0.2, 0.25) is 0 Å². The molecule has 0 aromatic carbocycles. The van der Waals surface area contributed by atoms with Crippen LogP contribution in [0.4, 0.5) is 0 Å². The van der Waals surface area contributed by atoms with Gasteiger partial charge >= 0.3 is 5.97 Å². The lowest BCUT2D eigenvalue weighted by Gasteiger charge is -2.23. The Bertz CT molecular complexity index is 243. The molecule has 2 N–H and O–H groups in total. The summed E-state index contributed by atoms with van der Waals surface area (Å²) < 4.78 is 0. The summed E-state index contributed by atoms with van der Waals surface area (Å²) >= 11 is 0. The molecule has 92 valence electrons. The van der Waals surface area contributed by atoms with Gasteiger partial charge in [-0.25, -0.2) is 0 Å². The van der Waals surface area contributed by atoms with Gasteiger partial charge in [-0.15, -0.1) is 6.58 Å². The molecule has 1 aliphatic rings. The van der Waals surface area contributed by atoms with Crippen LogP contribution in [0.5, 0.6) is 0 Å². The van der Waals surface area contributed by atoms with Crippen LogP contribution in [-0.4, -0.2) is 47.7 Å². The molecule has 0 amide bonds. The first kappa shape index (κ1) is 13.2. The van der Waals surface area contributed by atoms with Crippen LogP contribution in [0.3, 0.4) is 0 Å². The maximum Gasteiger partial charge on any atom is 0.303 e. The molecule has 2 unspecified atom stereocenters. The fourth-order valence-electron chi connectivity index (χ4n) is 2.14. The molecule has 0 spiro atoms. The molecule has 1 aliphatic heterocycles. The molecule has 0 radical (unpaired) electrons. The van der Waals surface area contributed by atoms with Crippen LogP contribution in [0.25, 0.3) is 0 Å². The number of hydrogen-bond acceptors (Lipinski definition) is 3. The molecule has 1 saturated heterocycles. The highest BCUT2D eigenvalue weighted by Gasteiger charge is 2.20. The van der Waals surface area contributed by atoms with Crippen LogP contribution >= 0.6 is 0 Å². The van der Waals surface area contributed by atoms with Crippen molar-refractivity contribution >= 4 is 5.97 Å². The Morgan fingerprint density at radius 1 is 1.69 bits per heavy atom. The molecule has 0 saturated carbocycles. The molecule has 1 rings (SSSR count). The maximum atomic E-state index is 10.6. The van der Waals surface area contributed by atoms with Gasteiger partial charge < -0.3 is 10.4 Å². The molecule has 1 heterocycles. The number of nitrogens with one attached hydrogen (secondary N) is 1. The Balaban J connectivity index is 2.45. The van der Waals surface area contributed by atoms with E-state index in [2.05, 4.69) is 23.7 Å². The summed E-state index contributed by atoms with van der Waals surface area (Å²) in [7, 11) is 0. The Labute approximate surface area is 97.3 Å². The van der Waals surface area contributed by atoms with Gasteiger partial charge in [0.2, 0.25) is 0 Å². The standard InChI is InChI=1S/C12H22N2O2/c1-3-7-14-8-6-10(2)13-11(9-14)4-5-12(15)16/h3,10-11,13H,1,4-9H2,2H3,(H,15,16). The minimum Gasteiger partial charge on any atom is -0.481 e. The largest absolute Gasteiger partial charge is 0.481 e. The van der Waals surface area contributed by atoms with Crippen LogP contribution in [0.1, 0.15) is 26.2 Å². The van der Waals surface area contributed by atoms with Crippen LogP contribution < -0.4 is 5.32 Å². The van der Waals surface area contributed by atoms with Crippen LogP contribution in [0.15, 0.2) is 12.7 Å². The predicted molar refractivity (Wildman–Crippen MR) is 64.5 cm³/mol. The van der Waals surface area contributed by atoms with Crippen molar-refractivity contribution in [3.8, 4) is 0 Å². The Morgan fingerprint density at radius 2 is 2.44 bits per heavy atom. The van der Waals surface area contributed by atoms with Gasteiger partial charge in [0.1, 0.15) is 0 Å². The number of carbonyl (C=O) groups is 1. The Hall–Kier alpha value is -0.870. The zero-order valence-electron chi connectivity index (χ0n) is 9.98. The lowest BCUT2D eigenvalue weighted by molar-refractivity contribution is -0.137. The average Bonchev–Trinajstić information content (AvgIpc) is 2.38. The molecule has 1 fully saturated rings. The molecule has 4 nitrogen and oxygen atoms in total. The number of rotatable bonds is 5. The van der Waals surface area contributed by atoms with E-state index in [9.17, 15) is 4.79 Å². The smallest absolute Gasteiger partial charge is 0.303 e. The van der Waals surface area contributed by atoms with E-state index < -0.39 is 5.97 Å². The molecule has 0 aliphatic carbocycles. The third kappa shape index (κ3) is 4.77. The lowest BCUT2D eigenvalue weighted by atomic mass is 10.1. The predicted octanol–water partition coefficient (Wildman–Crippen LogP) is 1.09. The van der Waals surface area contributed by atoms with Crippen molar-refractivity contribution < 1.29 is 9.90 Å². The van der Waals surface area contributed by atoms with Gasteiger partial charge in [0, 0.05) is 31.6 Å². The first-order valence-electron chi connectivity index (χ1n) is 5.93. The summed E-state index contributed by atoms with van der Waals surface area (Å²) in [4.78, 5) is 12.9. The number of carboxylic acids is 1. The molecular weight excluding hydrogens is 204 g/mol. The van der Waals surface area contributed by atoms with Gasteiger partial charge in [-0.3, -0.25) is 9.69 Å². The van der Waals surface area contributed by atoms with Crippen LogP contribution in [-0.2, 0) is 4.79 Å². The van der Waals surface area contributed by atoms with Crippen molar-refractivity contribution in [2.75, 3.05) is 19.6 Å². The van der Waals surface area contributed by atoms with Crippen molar-refractivity contribution in [3.05, 3.63) is 12.7 Å².